The SMILES string of the molecule is CC1CCCC(N)(C(=O)Nc2ccccc2[N+](=O)[O-])C1. The summed E-state index contributed by atoms with van der Waals surface area (Å²) in [4.78, 5) is 22.8. The van der Waals surface area contributed by atoms with Gasteiger partial charge in [-0.25, -0.2) is 0 Å². The second kappa shape index (κ2) is 5.58. The molecule has 1 aliphatic rings. The number of nitrogens with two attached hydrogens (primary N) is 1. The molecular weight excluding hydrogens is 258 g/mol. The predicted molar refractivity (Wildman–Crippen MR) is 76.3 cm³/mol. The van der Waals surface area contributed by atoms with Crippen LogP contribution in [0.3, 0.4) is 0 Å². The van der Waals surface area contributed by atoms with E-state index in [1.807, 2.05) is 0 Å². The molecule has 1 aromatic rings. The third-order valence-electron chi connectivity index (χ3n) is 3.83. The first-order valence-corrected chi connectivity index (χ1v) is 6.76. The molecule has 1 aliphatic carbocycles. The van der Waals surface area contributed by atoms with Gasteiger partial charge < -0.3 is 11.1 Å². The molecule has 20 heavy (non-hydrogen) atoms. The lowest BCUT2D eigenvalue weighted by Crippen LogP contribution is -2.53. The Hall–Kier alpha value is -1.95. The number of nitrogens with zero attached hydrogens (tertiary/aromatic N) is 1. The largest absolute Gasteiger partial charge is 0.319 e. The van der Waals surface area contributed by atoms with E-state index in [1.54, 1.807) is 12.1 Å². The van der Waals surface area contributed by atoms with Gasteiger partial charge in [0.15, 0.2) is 0 Å². The zero-order valence-electron chi connectivity index (χ0n) is 11.5. The van der Waals surface area contributed by atoms with E-state index in [0.717, 1.165) is 12.8 Å². The number of nitro groups is 1. The van der Waals surface area contributed by atoms with Crippen LogP contribution in [0.4, 0.5) is 11.4 Å². The van der Waals surface area contributed by atoms with Gasteiger partial charge in [0, 0.05) is 6.07 Å². The Balaban J connectivity index is 2.17. The predicted octanol–water partition coefficient (Wildman–Crippen LogP) is 2.44. The molecule has 6 nitrogen and oxygen atoms in total. The summed E-state index contributed by atoms with van der Waals surface area (Å²) in [5, 5.41) is 13.6. The quantitative estimate of drug-likeness (QED) is 0.654. The summed E-state index contributed by atoms with van der Waals surface area (Å²) in [7, 11) is 0. The van der Waals surface area contributed by atoms with Crippen LogP contribution in [0.25, 0.3) is 0 Å². The maximum absolute atomic E-state index is 12.4. The van der Waals surface area contributed by atoms with E-state index in [2.05, 4.69) is 12.2 Å². The molecule has 2 rings (SSSR count). The number of anilines is 1. The van der Waals surface area contributed by atoms with Crippen LogP contribution in [-0.4, -0.2) is 16.4 Å². The van der Waals surface area contributed by atoms with Crippen molar-refractivity contribution in [3.05, 3.63) is 34.4 Å². The number of rotatable bonds is 3. The minimum atomic E-state index is -0.929. The van der Waals surface area contributed by atoms with Crippen LogP contribution in [0.1, 0.15) is 32.6 Å². The average molecular weight is 277 g/mol. The first kappa shape index (κ1) is 14.5. The van der Waals surface area contributed by atoms with Crippen LogP contribution >= 0.6 is 0 Å². The molecule has 1 aromatic carbocycles. The van der Waals surface area contributed by atoms with Crippen LogP contribution in [-0.2, 0) is 4.79 Å². The van der Waals surface area contributed by atoms with Crippen molar-refractivity contribution in [1.29, 1.82) is 0 Å². The third-order valence-corrected chi connectivity index (χ3v) is 3.83. The molecular formula is C14H19N3O3. The smallest absolute Gasteiger partial charge is 0.292 e. The van der Waals surface area contributed by atoms with Crippen LogP contribution < -0.4 is 11.1 Å². The van der Waals surface area contributed by atoms with Gasteiger partial charge in [-0.3, -0.25) is 14.9 Å². The summed E-state index contributed by atoms with van der Waals surface area (Å²) < 4.78 is 0. The Morgan fingerprint density at radius 3 is 2.85 bits per heavy atom. The zero-order chi connectivity index (χ0) is 14.8. The molecule has 0 aromatic heterocycles. The van der Waals surface area contributed by atoms with Gasteiger partial charge >= 0.3 is 0 Å². The first-order chi connectivity index (χ1) is 9.42. The van der Waals surface area contributed by atoms with Crippen LogP contribution in [0.2, 0.25) is 0 Å². The molecule has 1 fully saturated rings. The van der Waals surface area contributed by atoms with Gasteiger partial charge in [-0.2, -0.15) is 0 Å². The summed E-state index contributed by atoms with van der Waals surface area (Å²) in [6, 6.07) is 6.10. The highest BCUT2D eigenvalue weighted by molar-refractivity contribution is 5.99. The minimum Gasteiger partial charge on any atom is -0.319 e. The number of hydrogen-bond acceptors (Lipinski definition) is 4. The highest BCUT2D eigenvalue weighted by atomic mass is 16.6. The molecule has 2 unspecified atom stereocenters. The van der Waals surface area contributed by atoms with Gasteiger partial charge in [-0.15, -0.1) is 0 Å². The lowest BCUT2D eigenvalue weighted by molar-refractivity contribution is -0.383. The van der Waals surface area contributed by atoms with Crippen molar-refractivity contribution in [2.75, 3.05) is 5.32 Å². The third kappa shape index (κ3) is 2.96. The van der Waals surface area contributed by atoms with Gasteiger partial charge in [-0.1, -0.05) is 31.9 Å². The number of hydrogen-bond donors (Lipinski definition) is 2. The standard InChI is InChI=1S/C14H19N3O3/c1-10-5-4-8-14(15,9-10)13(18)16-11-6-2-3-7-12(11)17(19)20/h2-3,6-7,10H,4-5,8-9,15H2,1H3,(H,16,18). The normalized spacial score (nSPS) is 26.0. The summed E-state index contributed by atoms with van der Waals surface area (Å²) in [5.74, 6) is 0.0589. The van der Waals surface area contributed by atoms with Crippen molar-refractivity contribution in [2.45, 2.75) is 38.1 Å². The van der Waals surface area contributed by atoms with Gasteiger partial charge in [0.05, 0.1) is 10.5 Å². The molecule has 6 heteroatoms. The molecule has 1 saturated carbocycles. The van der Waals surface area contributed by atoms with Gasteiger partial charge in [0.25, 0.3) is 5.69 Å². The van der Waals surface area contributed by atoms with Crippen LogP contribution in [0, 0.1) is 16.0 Å². The fourth-order valence-electron chi connectivity index (χ4n) is 2.78. The fraction of sp³-hybridized carbons (Fsp3) is 0.500. The molecule has 0 radical (unpaired) electrons. The van der Waals surface area contributed by atoms with E-state index in [1.165, 1.54) is 12.1 Å². The van der Waals surface area contributed by atoms with E-state index in [4.69, 9.17) is 5.73 Å². The van der Waals surface area contributed by atoms with Crippen molar-refractivity contribution >= 4 is 17.3 Å². The maximum atomic E-state index is 12.4. The monoisotopic (exact) mass is 277 g/mol. The Labute approximate surface area is 117 Å². The molecule has 3 N–H and O–H groups in total. The number of para-hydroxylation sites is 2. The van der Waals surface area contributed by atoms with Crippen molar-refractivity contribution in [2.24, 2.45) is 11.7 Å². The number of amides is 1. The van der Waals surface area contributed by atoms with E-state index >= 15 is 0 Å². The Bertz CT molecular complexity index is 532. The van der Waals surface area contributed by atoms with Crippen molar-refractivity contribution < 1.29 is 9.72 Å². The topological polar surface area (TPSA) is 98.3 Å². The lowest BCUT2D eigenvalue weighted by atomic mass is 9.76. The van der Waals surface area contributed by atoms with Crippen molar-refractivity contribution in [3.8, 4) is 0 Å². The summed E-state index contributed by atoms with van der Waals surface area (Å²) in [6.45, 7) is 2.07. The van der Waals surface area contributed by atoms with E-state index < -0.39 is 10.5 Å². The minimum absolute atomic E-state index is 0.117. The Morgan fingerprint density at radius 2 is 2.20 bits per heavy atom. The lowest BCUT2D eigenvalue weighted by Gasteiger charge is -2.35. The summed E-state index contributed by atoms with van der Waals surface area (Å²) in [5.41, 5.74) is 5.34. The van der Waals surface area contributed by atoms with Crippen LogP contribution in [0.5, 0.6) is 0 Å². The fourth-order valence-corrected chi connectivity index (χ4v) is 2.78. The maximum Gasteiger partial charge on any atom is 0.292 e. The highest BCUT2D eigenvalue weighted by Gasteiger charge is 2.38. The molecule has 1 amide bonds. The Morgan fingerprint density at radius 1 is 1.50 bits per heavy atom. The molecule has 2 atom stereocenters. The molecule has 0 aliphatic heterocycles. The molecule has 0 heterocycles. The van der Waals surface area contributed by atoms with E-state index in [-0.39, 0.29) is 17.3 Å². The second-order valence-electron chi connectivity index (χ2n) is 5.59. The number of carbonyl (C=O) groups excluding carboxylic acids is 1. The zero-order valence-corrected chi connectivity index (χ0v) is 11.5. The Kier molecular flexibility index (Phi) is 4.04. The summed E-state index contributed by atoms with van der Waals surface area (Å²) >= 11 is 0. The highest BCUT2D eigenvalue weighted by Crippen LogP contribution is 2.32. The summed E-state index contributed by atoms with van der Waals surface area (Å²) in [6.07, 6.45) is 3.20. The van der Waals surface area contributed by atoms with Crippen LogP contribution in [0.15, 0.2) is 24.3 Å². The molecule has 0 saturated heterocycles. The van der Waals surface area contributed by atoms with E-state index in [0.29, 0.717) is 18.8 Å². The van der Waals surface area contributed by atoms with E-state index in [9.17, 15) is 14.9 Å². The van der Waals surface area contributed by atoms with Gasteiger partial charge in [-0.05, 0) is 24.8 Å². The number of nitrogens with one attached hydrogen (secondary N) is 1. The first-order valence-electron chi connectivity index (χ1n) is 6.76. The van der Waals surface area contributed by atoms with Crippen molar-refractivity contribution in [3.63, 3.8) is 0 Å². The number of carbonyl (C=O) groups is 1. The number of nitro benzene ring substituents is 1. The van der Waals surface area contributed by atoms with Crippen molar-refractivity contribution in [1.82, 2.24) is 0 Å². The number of benzene rings is 1. The second-order valence-corrected chi connectivity index (χ2v) is 5.59. The van der Waals surface area contributed by atoms with Gasteiger partial charge in [0.1, 0.15) is 5.69 Å². The molecule has 0 spiro atoms. The van der Waals surface area contributed by atoms with Gasteiger partial charge in [0.2, 0.25) is 5.91 Å². The average Bonchev–Trinajstić information content (AvgIpc) is 2.38. The molecule has 108 valence electrons. The molecule has 0 bridgehead atoms.